The SMILES string of the molecule is O=C(CN1CCN(c2ccc(F)cc2)CC1)NCCN1C(=O)SC(=Cc2ccccc2Cl)C1=O. The Labute approximate surface area is 206 Å². The van der Waals surface area contributed by atoms with Crippen LogP contribution in [0.2, 0.25) is 5.02 Å². The Bertz CT molecular complexity index is 1100. The predicted molar refractivity (Wildman–Crippen MR) is 132 cm³/mol. The molecule has 2 heterocycles. The van der Waals surface area contributed by atoms with E-state index in [1.165, 1.54) is 12.1 Å². The zero-order valence-corrected chi connectivity index (χ0v) is 19.9. The van der Waals surface area contributed by atoms with Gasteiger partial charge in [0, 0.05) is 50.0 Å². The molecular weight excluding hydrogens is 479 g/mol. The summed E-state index contributed by atoms with van der Waals surface area (Å²) in [5.74, 6) is -0.808. The molecule has 2 aliphatic heterocycles. The quantitative estimate of drug-likeness (QED) is 0.585. The summed E-state index contributed by atoms with van der Waals surface area (Å²) in [5, 5.41) is 2.92. The minimum atomic E-state index is -0.388. The van der Waals surface area contributed by atoms with Crippen molar-refractivity contribution in [3.63, 3.8) is 0 Å². The molecule has 2 aromatic rings. The number of rotatable bonds is 7. The number of halogens is 2. The highest BCUT2D eigenvalue weighted by molar-refractivity contribution is 8.18. The van der Waals surface area contributed by atoms with E-state index in [0.717, 1.165) is 35.4 Å². The van der Waals surface area contributed by atoms with Crippen molar-refractivity contribution in [3.05, 3.63) is 69.8 Å². The van der Waals surface area contributed by atoms with Crippen LogP contribution in [-0.4, -0.2) is 72.7 Å². The van der Waals surface area contributed by atoms with E-state index >= 15 is 0 Å². The van der Waals surface area contributed by atoms with Gasteiger partial charge in [-0.15, -0.1) is 0 Å². The van der Waals surface area contributed by atoms with E-state index in [1.807, 2.05) is 4.90 Å². The van der Waals surface area contributed by atoms with Crippen molar-refractivity contribution in [2.75, 3.05) is 50.7 Å². The molecule has 1 N–H and O–H groups in total. The highest BCUT2D eigenvalue weighted by Crippen LogP contribution is 2.33. The minimum absolute atomic E-state index is 0.106. The van der Waals surface area contributed by atoms with E-state index in [9.17, 15) is 18.8 Å². The molecule has 0 bridgehead atoms. The summed E-state index contributed by atoms with van der Waals surface area (Å²) in [4.78, 5) is 42.9. The lowest BCUT2D eigenvalue weighted by molar-refractivity contribution is -0.124. The van der Waals surface area contributed by atoms with Crippen molar-refractivity contribution in [3.8, 4) is 0 Å². The maximum Gasteiger partial charge on any atom is 0.293 e. The van der Waals surface area contributed by atoms with Crippen molar-refractivity contribution in [2.45, 2.75) is 0 Å². The fraction of sp³-hybridized carbons (Fsp3) is 0.292. The number of nitrogens with one attached hydrogen (secondary N) is 1. The van der Waals surface area contributed by atoms with E-state index in [1.54, 1.807) is 42.5 Å². The normalized spacial score (nSPS) is 18.1. The standard InChI is InChI=1S/C24H24ClFN4O3S/c25-20-4-2-1-3-17(20)15-21-23(32)30(24(33)34-21)10-9-27-22(31)16-28-11-13-29(14-12-28)19-7-5-18(26)6-8-19/h1-8,15H,9-14,16H2,(H,27,31). The number of thioether (sulfide) groups is 1. The van der Waals surface area contributed by atoms with Gasteiger partial charge >= 0.3 is 0 Å². The molecule has 34 heavy (non-hydrogen) atoms. The molecule has 2 saturated heterocycles. The molecule has 4 rings (SSSR count). The van der Waals surface area contributed by atoms with Crippen LogP contribution in [-0.2, 0) is 9.59 Å². The van der Waals surface area contributed by atoms with Crippen LogP contribution in [0.3, 0.4) is 0 Å². The number of amides is 3. The summed E-state index contributed by atoms with van der Waals surface area (Å²) in [6.45, 7) is 3.44. The van der Waals surface area contributed by atoms with Gasteiger partial charge in [-0.05, 0) is 53.7 Å². The number of piperazine rings is 1. The molecule has 3 amide bonds. The summed E-state index contributed by atoms with van der Waals surface area (Å²) in [6.07, 6.45) is 1.61. The smallest absolute Gasteiger partial charge is 0.293 e. The number of hydrogen-bond acceptors (Lipinski definition) is 6. The second-order valence-corrected chi connectivity index (χ2v) is 9.34. The Kier molecular flexibility index (Phi) is 7.87. The number of nitrogens with zero attached hydrogens (tertiary/aromatic N) is 3. The number of hydrogen-bond donors (Lipinski definition) is 1. The van der Waals surface area contributed by atoms with Crippen molar-refractivity contribution in [1.29, 1.82) is 0 Å². The van der Waals surface area contributed by atoms with Crippen LogP contribution in [0, 0.1) is 5.82 Å². The number of imide groups is 1. The fourth-order valence-corrected chi connectivity index (χ4v) is 4.85. The van der Waals surface area contributed by atoms with Crippen LogP contribution in [0.5, 0.6) is 0 Å². The van der Waals surface area contributed by atoms with Crippen LogP contribution >= 0.6 is 23.4 Å². The number of anilines is 1. The molecule has 0 unspecified atom stereocenters. The average molecular weight is 503 g/mol. The summed E-state index contributed by atoms with van der Waals surface area (Å²) in [6, 6.07) is 13.5. The first-order valence-electron chi connectivity index (χ1n) is 10.9. The molecule has 2 fully saturated rings. The van der Waals surface area contributed by atoms with Gasteiger partial charge in [0.2, 0.25) is 5.91 Å². The van der Waals surface area contributed by atoms with E-state index < -0.39 is 0 Å². The van der Waals surface area contributed by atoms with Crippen LogP contribution in [0.1, 0.15) is 5.56 Å². The molecule has 178 valence electrons. The largest absolute Gasteiger partial charge is 0.369 e. The summed E-state index contributed by atoms with van der Waals surface area (Å²) in [7, 11) is 0. The van der Waals surface area contributed by atoms with Gasteiger partial charge in [0.1, 0.15) is 5.82 Å². The zero-order chi connectivity index (χ0) is 24.1. The first-order chi connectivity index (χ1) is 16.4. The van der Waals surface area contributed by atoms with Crippen LogP contribution in [0.4, 0.5) is 14.9 Å². The lowest BCUT2D eigenvalue weighted by Crippen LogP contribution is -2.50. The Hall–Kier alpha value is -2.88. The van der Waals surface area contributed by atoms with E-state index in [4.69, 9.17) is 11.6 Å². The second-order valence-electron chi connectivity index (χ2n) is 7.94. The molecular formula is C24H24ClFN4O3S. The highest BCUT2D eigenvalue weighted by Gasteiger charge is 2.34. The lowest BCUT2D eigenvalue weighted by atomic mass is 10.2. The Balaban J connectivity index is 1.21. The summed E-state index contributed by atoms with van der Waals surface area (Å²) in [5.41, 5.74) is 1.63. The van der Waals surface area contributed by atoms with Crippen LogP contribution in [0.15, 0.2) is 53.4 Å². The van der Waals surface area contributed by atoms with E-state index in [-0.39, 0.29) is 42.5 Å². The van der Waals surface area contributed by atoms with Crippen LogP contribution < -0.4 is 10.2 Å². The Morgan fingerprint density at radius 2 is 1.76 bits per heavy atom. The average Bonchev–Trinajstić information content (AvgIpc) is 3.09. The third-order valence-electron chi connectivity index (χ3n) is 5.65. The maximum atomic E-state index is 13.1. The zero-order valence-electron chi connectivity index (χ0n) is 18.4. The maximum absolute atomic E-state index is 13.1. The predicted octanol–water partition coefficient (Wildman–Crippen LogP) is 3.45. The topological polar surface area (TPSA) is 73.0 Å². The molecule has 0 aliphatic carbocycles. The third kappa shape index (κ3) is 5.97. The number of benzene rings is 2. The molecule has 0 aromatic heterocycles. The Morgan fingerprint density at radius 3 is 2.47 bits per heavy atom. The van der Waals surface area contributed by atoms with Gasteiger partial charge in [0.05, 0.1) is 11.4 Å². The van der Waals surface area contributed by atoms with E-state index in [0.29, 0.717) is 28.6 Å². The van der Waals surface area contributed by atoms with Crippen molar-refractivity contribution in [1.82, 2.24) is 15.1 Å². The third-order valence-corrected chi connectivity index (χ3v) is 6.91. The van der Waals surface area contributed by atoms with Crippen molar-refractivity contribution in [2.24, 2.45) is 0 Å². The lowest BCUT2D eigenvalue weighted by Gasteiger charge is -2.35. The number of carbonyl (C=O) groups is 3. The van der Waals surface area contributed by atoms with Gasteiger partial charge in [0.25, 0.3) is 11.1 Å². The fourth-order valence-electron chi connectivity index (χ4n) is 3.81. The Morgan fingerprint density at radius 1 is 1.06 bits per heavy atom. The number of carbonyl (C=O) groups excluding carboxylic acids is 3. The molecule has 2 aromatic carbocycles. The first-order valence-corrected chi connectivity index (χ1v) is 12.1. The van der Waals surface area contributed by atoms with Crippen LogP contribution in [0.25, 0.3) is 6.08 Å². The molecule has 10 heteroatoms. The van der Waals surface area contributed by atoms with E-state index in [2.05, 4.69) is 10.2 Å². The highest BCUT2D eigenvalue weighted by atomic mass is 35.5. The molecule has 2 aliphatic rings. The molecule has 0 saturated carbocycles. The van der Waals surface area contributed by atoms with Gasteiger partial charge in [-0.25, -0.2) is 4.39 Å². The molecule has 0 spiro atoms. The van der Waals surface area contributed by atoms with Crippen molar-refractivity contribution >= 4 is 52.2 Å². The molecule has 0 radical (unpaired) electrons. The van der Waals surface area contributed by atoms with Gasteiger partial charge < -0.3 is 10.2 Å². The summed E-state index contributed by atoms with van der Waals surface area (Å²) < 4.78 is 13.1. The van der Waals surface area contributed by atoms with Gasteiger partial charge in [0.15, 0.2) is 0 Å². The minimum Gasteiger partial charge on any atom is -0.369 e. The van der Waals surface area contributed by atoms with Gasteiger partial charge in [-0.2, -0.15) is 0 Å². The van der Waals surface area contributed by atoms with Crippen molar-refractivity contribution < 1.29 is 18.8 Å². The van der Waals surface area contributed by atoms with Gasteiger partial charge in [-0.1, -0.05) is 29.8 Å². The second kappa shape index (κ2) is 11.0. The molecule has 7 nitrogen and oxygen atoms in total. The molecule has 0 atom stereocenters. The first kappa shape index (κ1) is 24.3. The summed E-state index contributed by atoms with van der Waals surface area (Å²) >= 11 is 7.00. The monoisotopic (exact) mass is 502 g/mol. The van der Waals surface area contributed by atoms with Gasteiger partial charge in [-0.3, -0.25) is 24.2 Å².